The van der Waals surface area contributed by atoms with Crippen molar-refractivity contribution in [2.75, 3.05) is 57.3 Å². The van der Waals surface area contributed by atoms with Crippen molar-refractivity contribution in [2.45, 2.75) is 13.8 Å². The summed E-state index contributed by atoms with van der Waals surface area (Å²) in [5, 5.41) is 3.37. The molecule has 1 aliphatic heterocycles. The van der Waals surface area contributed by atoms with E-state index in [0.717, 1.165) is 58.2 Å². The van der Waals surface area contributed by atoms with Crippen LogP contribution >= 0.6 is 0 Å². The van der Waals surface area contributed by atoms with Crippen LogP contribution < -0.4 is 15.0 Å². The summed E-state index contributed by atoms with van der Waals surface area (Å²) < 4.78 is 5.81. The fourth-order valence-corrected chi connectivity index (χ4v) is 2.51. The molecule has 4 heteroatoms. The van der Waals surface area contributed by atoms with Gasteiger partial charge in [-0.25, -0.2) is 0 Å². The van der Waals surface area contributed by atoms with Crippen LogP contribution in [0.5, 0.6) is 5.75 Å². The summed E-state index contributed by atoms with van der Waals surface area (Å²) in [6.07, 6.45) is 0. The lowest BCUT2D eigenvalue weighted by atomic mass is 10.2. The maximum atomic E-state index is 5.81. The van der Waals surface area contributed by atoms with Gasteiger partial charge >= 0.3 is 0 Å². The minimum Gasteiger partial charge on any atom is -0.492 e. The molecule has 0 unspecified atom stereocenters. The number of anilines is 1. The highest BCUT2D eigenvalue weighted by Crippen LogP contribution is 2.19. The van der Waals surface area contributed by atoms with Crippen molar-refractivity contribution in [3.05, 3.63) is 24.3 Å². The fourth-order valence-electron chi connectivity index (χ4n) is 2.51. The van der Waals surface area contributed by atoms with Gasteiger partial charge in [-0.2, -0.15) is 0 Å². The van der Waals surface area contributed by atoms with Crippen LogP contribution in [0, 0.1) is 0 Å². The zero-order chi connectivity index (χ0) is 14.2. The van der Waals surface area contributed by atoms with E-state index in [1.165, 1.54) is 5.69 Å². The molecule has 0 bridgehead atoms. The highest BCUT2D eigenvalue weighted by Gasteiger charge is 2.10. The Labute approximate surface area is 122 Å². The number of ether oxygens (including phenoxy) is 1. The topological polar surface area (TPSA) is 27.7 Å². The van der Waals surface area contributed by atoms with Crippen LogP contribution in [0.3, 0.4) is 0 Å². The number of hydrogen-bond donors (Lipinski definition) is 1. The molecule has 0 saturated carbocycles. The highest BCUT2D eigenvalue weighted by atomic mass is 16.5. The van der Waals surface area contributed by atoms with Crippen molar-refractivity contribution >= 4 is 5.69 Å². The Balaban J connectivity index is 1.79. The molecule has 1 aliphatic rings. The summed E-state index contributed by atoms with van der Waals surface area (Å²) >= 11 is 0. The predicted molar refractivity (Wildman–Crippen MR) is 84.8 cm³/mol. The molecule has 0 aromatic heterocycles. The third kappa shape index (κ3) is 4.39. The van der Waals surface area contributed by atoms with E-state index in [9.17, 15) is 0 Å². The van der Waals surface area contributed by atoms with Crippen molar-refractivity contribution in [1.29, 1.82) is 0 Å². The van der Waals surface area contributed by atoms with Crippen molar-refractivity contribution in [3.63, 3.8) is 0 Å². The Morgan fingerprint density at radius 2 is 1.75 bits per heavy atom. The summed E-state index contributed by atoms with van der Waals surface area (Å²) in [4.78, 5) is 4.78. The van der Waals surface area contributed by atoms with Gasteiger partial charge in [0, 0.05) is 38.4 Å². The molecular formula is C16H27N3O. The summed E-state index contributed by atoms with van der Waals surface area (Å²) in [6, 6.07) is 8.50. The summed E-state index contributed by atoms with van der Waals surface area (Å²) in [7, 11) is 0. The molecule has 0 atom stereocenters. The number of benzene rings is 1. The molecule has 1 fully saturated rings. The minimum atomic E-state index is 0.759. The molecule has 1 aromatic carbocycles. The molecule has 20 heavy (non-hydrogen) atoms. The molecule has 0 aliphatic carbocycles. The van der Waals surface area contributed by atoms with Gasteiger partial charge in [0.15, 0.2) is 0 Å². The zero-order valence-corrected chi connectivity index (χ0v) is 12.8. The standard InChI is InChI=1S/C16H27N3O/c1-3-18(4-2)13-14-20-16-7-5-15(6-8-16)19-11-9-17-10-12-19/h5-8,17H,3-4,9-14H2,1-2H3. The van der Waals surface area contributed by atoms with E-state index in [-0.39, 0.29) is 0 Å². The SMILES string of the molecule is CCN(CC)CCOc1ccc(N2CCNCC2)cc1. The number of hydrogen-bond acceptors (Lipinski definition) is 4. The number of nitrogens with zero attached hydrogens (tertiary/aromatic N) is 2. The van der Waals surface area contributed by atoms with E-state index in [4.69, 9.17) is 4.74 Å². The molecule has 1 N–H and O–H groups in total. The molecular weight excluding hydrogens is 250 g/mol. The average Bonchev–Trinajstić information content (AvgIpc) is 2.53. The highest BCUT2D eigenvalue weighted by molar-refractivity contribution is 5.49. The van der Waals surface area contributed by atoms with Crippen LogP contribution in [0.4, 0.5) is 5.69 Å². The first kappa shape index (κ1) is 15.1. The Morgan fingerprint density at radius 1 is 1.10 bits per heavy atom. The monoisotopic (exact) mass is 277 g/mol. The second-order valence-electron chi connectivity index (χ2n) is 5.11. The van der Waals surface area contributed by atoms with Gasteiger partial charge in [0.2, 0.25) is 0 Å². The molecule has 0 amide bonds. The second kappa shape index (κ2) is 8.12. The van der Waals surface area contributed by atoms with Crippen LogP contribution in [0.25, 0.3) is 0 Å². The molecule has 0 spiro atoms. The Bertz CT molecular complexity index is 370. The normalized spacial score (nSPS) is 15.7. The lowest BCUT2D eigenvalue weighted by Crippen LogP contribution is -2.43. The maximum absolute atomic E-state index is 5.81. The van der Waals surface area contributed by atoms with Gasteiger partial charge in [0.25, 0.3) is 0 Å². The molecule has 0 radical (unpaired) electrons. The number of likely N-dealkylation sites (N-methyl/N-ethyl adjacent to an activating group) is 1. The first-order valence-corrected chi connectivity index (χ1v) is 7.74. The maximum Gasteiger partial charge on any atom is 0.119 e. The quantitative estimate of drug-likeness (QED) is 0.823. The number of rotatable bonds is 7. The van der Waals surface area contributed by atoms with E-state index in [1.54, 1.807) is 0 Å². The Morgan fingerprint density at radius 3 is 2.35 bits per heavy atom. The van der Waals surface area contributed by atoms with E-state index >= 15 is 0 Å². The Kier molecular flexibility index (Phi) is 6.15. The lowest BCUT2D eigenvalue weighted by Gasteiger charge is -2.29. The van der Waals surface area contributed by atoms with Crippen LogP contribution in [-0.2, 0) is 0 Å². The van der Waals surface area contributed by atoms with E-state index in [1.807, 2.05) is 0 Å². The third-order valence-electron chi connectivity index (χ3n) is 3.89. The lowest BCUT2D eigenvalue weighted by molar-refractivity contribution is 0.223. The van der Waals surface area contributed by atoms with E-state index in [0.29, 0.717) is 0 Å². The third-order valence-corrected chi connectivity index (χ3v) is 3.89. The van der Waals surface area contributed by atoms with Gasteiger partial charge < -0.3 is 19.9 Å². The van der Waals surface area contributed by atoms with Crippen LogP contribution in [0.15, 0.2) is 24.3 Å². The van der Waals surface area contributed by atoms with Gasteiger partial charge in [0.1, 0.15) is 12.4 Å². The molecule has 1 heterocycles. The molecule has 1 saturated heterocycles. The van der Waals surface area contributed by atoms with Gasteiger partial charge in [-0.3, -0.25) is 0 Å². The van der Waals surface area contributed by atoms with Gasteiger partial charge in [-0.15, -0.1) is 0 Å². The van der Waals surface area contributed by atoms with E-state index < -0.39 is 0 Å². The number of nitrogens with one attached hydrogen (secondary N) is 1. The minimum absolute atomic E-state index is 0.759. The average molecular weight is 277 g/mol. The zero-order valence-electron chi connectivity index (χ0n) is 12.8. The van der Waals surface area contributed by atoms with Crippen molar-refractivity contribution in [3.8, 4) is 5.75 Å². The first-order chi connectivity index (χ1) is 9.83. The molecule has 1 aromatic rings. The summed E-state index contributed by atoms with van der Waals surface area (Å²) in [5.41, 5.74) is 1.29. The molecule has 4 nitrogen and oxygen atoms in total. The van der Waals surface area contributed by atoms with Crippen molar-refractivity contribution in [2.24, 2.45) is 0 Å². The summed E-state index contributed by atoms with van der Waals surface area (Å²) in [5.74, 6) is 0.969. The van der Waals surface area contributed by atoms with Crippen LogP contribution in [-0.4, -0.2) is 57.3 Å². The second-order valence-corrected chi connectivity index (χ2v) is 5.11. The van der Waals surface area contributed by atoms with Crippen LogP contribution in [0.1, 0.15) is 13.8 Å². The summed E-state index contributed by atoms with van der Waals surface area (Å²) in [6.45, 7) is 12.6. The molecule has 2 rings (SSSR count). The Hall–Kier alpha value is -1.26. The smallest absolute Gasteiger partial charge is 0.119 e. The van der Waals surface area contributed by atoms with Gasteiger partial charge in [0.05, 0.1) is 0 Å². The first-order valence-electron chi connectivity index (χ1n) is 7.74. The van der Waals surface area contributed by atoms with Gasteiger partial charge in [-0.1, -0.05) is 13.8 Å². The largest absolute Gasteiger partial charge is 0.492 e. The fraction of sp³-hybridized carbons (Fsp3) is 0.625. The predicted octanol–water partition coefficient (Wildman–Crippen LogP) is 1.82. The van der Waals surface area contributed by atoms with Crippen molar-refractivity contribution in [1.82, 2.24) is 10.2 Å². The number of piperazine rings is 1. The van der Waals surface area contributed by atoms with Gasteiger partial charge in [-0.05, 0) is 37.4 Å². The van der Waals surface area contributed by atoms with Crippen molar-refractivity contribution < 1.29 is 4.74 Å². The van der Waals surface area contributed by atoms with E-state index in [2.05, 4.69) is 53.2 Å². The molecule has 112 valence electrons. The van der Waals surface area contributed by atoms with Crippen LogP contribution in [0.2, 0.25) is 0 Å².